The SMILES string of the molecule is CC/C=C\C/C=C\C/C=C\C/C=C\C/C=C\C/C=C\CCCOCC(COP(=O)(O)OCC(O)CO)OC(=O)CCCC/C=C\C/C=C\C/C=C\C/C=C\CC. The van der Waals surface area contributed by atoms with Crippen molar-refractivity contribution in [3.63, 3.8) is 0 Å². The lowest BCUT2D eigenvalue weighted by Crippen LogP contribution is -2.29. The molecule has 0 heterocycles. The molecular formula is C46H73O9P. The molecule has 0 aliphatic rings. The largest absolute Gasteiger partial charge is 0.472 e. The Balaban J connectivity index is 4.42. The summed E-state index contributed by atoms with van der Waals surface area (Å²) in [5, 5.41) is 18.3. The van der Waals surface area contributed by atoms with Gasteiger partial charge < -0.3 is 24.6 Å². The maximum Gasteiger partial charge on any atom is 0.472 e. The van der Waals surface area contributed by atoms with Gasteiger partial charge in [-0.15, -0.1) is 0 Å². The molecule has 56 heavy (non-hydrogen) atoms. The molecule has 0 aromatic heterocycles. The molecule has 3 atom stereocenters. The molecule has 0 aliphatic heterocycles. The molecule has 10 heteroatoms. The van der Waals surface area contributed by atoms with Crippen molar-refractivity contribution < 1.29 is 43.0 Å². The van der Waals surface area contributed by atoms with Gasteiger partial charge in [0.1, 0.15) is 12.2 Å². The fourth-order valence-electron chi connectivity index (χ4n) is 4.60. The van der Waals surface area contributed by atoms with E-state index in [2.05, 4.69) is 135 Å². The van der Waals surface area contributed by atoms with Gasteiger partial charge in [-0.2, -0.15) is 0 Å². The van der Waals surface area contributed by atoms with Gasteiger partial charge in [-0.3, -0.25) is 13.8 Å². The number of rotatable bonds is 37. The molecular weight excluding hydrogens is 727 g/mol. The number of phosphoric acid groups is 1. The zero-order valence-corrected chi connectivity index (χ0v) is 35.2. The van der Waals surface area contributed by atoms with Crippen LogP contribution in [-0.4, -0.2) is 66.3 Å². The number of carbonyl (C=O) groups is 1. The number of unbranched alkanes of at least 4 members (excludes halogenated alkanes) is 3. The van der Waals surface area contributed by atoms with E-state index in [0.717, 1.165) is 89.9 Å². The molecule has 0 radical (unpaired) electrons. The van der Waals surface area contributed by atoms with E-state index in [1.54, 1.807) is 0 Å². The van der Waals surface area contributed by atoms with E-state index in [1.165, 1.54) is 0 Å². The van der Waals surface area contributed by atoms with Gasteiger partial charge in [-0.1, -0.05) is 135 Å². The van der Waals surface area contributed by atoms with Crippen molar-refractivity contribution in [2.24, 2.45) is 0 Å². The van der Waals surface area contributed by atoms with Crippen LogP contribution in [0, 0.1) is 0 Å². The van der Waals surface area contributed by atoms with Crippen molar-refractivity contribution in [1.82, 2.24) is 0 Å². The molecule has 9 nitrogen and oxygen atoms in total. The number of aliphatic hydroxyl groups is 2. The van der Waals surface area contributed by atoms with E-state index in [-0.39, 0.29) is 13.0 Å². The normalized spacial score (nSPS) is 15.3. The first-order valence-corrected chi connectivity index (χ1v) is 22.0. The lowest BCUT2D eigenvalue weighted by Gasteiger charge is -2.20. The summed E-state index contributed by atoms with van der Waals surface area (Å²) in [5.74, 6) is -0.449. The first kappa shape index (κ1) is 52.9. The van der Waals surface area contributed by atoms with Gasteiger partial charge in [0.05, 0.1) is 26.4 Å². The van der Waals surface area contributed by atoms with Crippen LogP contribution in [0.3, 0.4) is 0 Å². The van der Waals surface area contributed by atoms with Gasteiger partial charge in [0.25, 0.3) is 0 Å². The fraction of sp³-hybridized carbons (Fsp3) is 0.543. The number of aliphatic hydroxyl groups excluding tert-OH is 2. The summed E-state index contributed by atoms with van der Waals surface area (Å²) < 4.78 is 33.2. The number of phosphoric ester groups is 1. The second-order valence-electron chi connectivity index (χ2n) is 12.9. The number of ether oxygens (including phenoxy) is 2. The van der Waals surface area contributed by atoms with Gasteiger partial charge >= 0.3 is 13.8 Å². The molecule has 0 aliphatic carbocycles. The summed E-state index contributed by atoms with van der Waals surface area (Å²) in [6.07, 6.45) is 54.6. The van der Waals surface area contributed by atoms with Gasteiger partial charge in [-0.05, 0) is 96.3 Å². The van der Waals surface area contributed by atoms with E-state index < -0.39 is 45.8 Å². The third-order valence-corrected chi connectivity index (χ3v) is 8.59. The Morgan fingerprint density at radius 2 is 0.946 bits per heavy atom. The molecule has 0 spiro atoms. The molecule has 0 saturated carbocycles. The fourth-order valence-corrected chi connectivity index (χ4v) is 5.38. The summed E-state index contributed by atoms with van der Waals surface area (Å²) in [5.41, 5.74) is 0. The van der Waals surface area contributed by atoms with Crippen molar-refractivity contribution in [1.29, 1.82) is 0 Å². The van der Waals surface area contributed by atoms with Crippen LogP contribution in [0.2, 0.25) is 0 Å². The molecule has 0 aromatic carbocycles. The Hall–Kier alpha value is -3.14. The average molecular weight is 801 g/mol. The second kappa shape index (κ2) is 41.5. The Morgan fingerprint density at radius 1 is 0.554 bits per heavy atom. The maximum atomic E-state index is 12.6. The van der Waals surface area contributed by atoms with Crippen LogP contribution in [0.25, 0.3) is 0 Å². The predicted molar refractivity (Wildman–Crippen MR) is 232 cm³/mol. The molecule has 3 unspecified atom stereocenters. The summed E-state index contributed by atoms with van der Waals surface area (Å²) in [6.45, 7) is 3.02. The van der Waals surface area contributed by atoms with Crippen LogP contribution < -0.4 is 0 Å². The number of hydrogen-bond donors (Lipinski definition) is 3. The topological polar surface area (TPSA) is 132 Å². The standard InChI is InChI=1S/C46H73O9P/c1-3-5-7-9-11-13-15-17-19-20-21-22-23-25-27-29-31-33-35-37-39-52-42-45(43-54-56(50,51)53-41-44(48)40-47)55-46(49)38-36-34-32-30-28-26-24-18-16-14-12-10-8-6-4-2/h5-8,11-14,17-19,21-22,24-25,27-28,30-31,33,44-45,47-48H,3-4,9-10,15-16,20,23,26,29,32,34-43H2,1-2H3,(H,50,51)/b7-5-,8-6-,13-11-,14-12-,19-17-,22-21-,24-18-,27-25-,30-28-,33-31-. The Kier molecular flexibility index (Phi) is 39.2. The van der Waals surface area contributed by atoms with Crippen molar-refractivity contribution in [2.45, 2.75) is 129 Å². The van der Waals surface area contributed by atoms with E-state index in [0.29, 0.717) is 13.0 Å². The monoisotopic (exact) mass is 800 g/mol. The minimum absolute atomic E-state index is 0.0172. The second-order valence-corrected chi connectivity index (χ2v) is 14.3. The molecule has 0 aromatic rings. The maximum absolute atomic E-state index is 12.6. The Morgan fingerprint density at radius 3 is 1.38 bits per heavy atom. The Bertz CT molecular complexity index is 1270. The third-order valence-electron chi connectivity index (χ3n) is 7.64. The van der Waals surface area contributed by atoms with Crippen LogP contribution >= 0.6 is 7.82 Å². The highest BCUT2D eigenvalue weighted by atomic mass is 31.2. The van der Waals surface area contributed by atoms with Gasteiger partial charge in [0.15, 0.2) is 0 Å². The summed E-state index contributed by atoms with van der Waals surface area (Å²) >= 11 is 0. The van der Waals surface area contributed by atoms with E-state index in [1.807, 2.05) is 0 Å². The first-order valence-electron chi connectivity index (χ1n) is 20.5. The highest BCUT2D eigenvalue weighted by molar-refractivity contribution is 7.47. The summed E-state index contributed by atoms with van der Waals surface area (Å²) in [6, 6.07) is 0. The molecule has 0 amide bonds. The number of allylic oxidation sites excluding steroid dienone is 20. The third kappa shape index (κ3) is 40.5. The smallest absolute Gasteiger partial charge is 0.457 e. The highest BCUT2D eigenvalue weighted by Crippen LogP contribution is 2.43. The van der Waals surface area contributed by atoms with Crippen LogP contribution in [0.4, 0.5) is 0 Å². The lowest BCUT2D eigenvalue weighted by molar-refractivity contribution is -0.154. The van der Waals surface area contributed by atoms with E-state index >= 15 is 0 Å². The van der Waals surface area contributed by atoms with Gasteiger partial charge in [-0.25, -0.2) is 4.57 Å². The molecule has 3 N–H and O–H groups in total. The van der Waals surface area contributed by atoms with Gasteiger partial charge in [0, 0.05) is 13.0 Å². The van der Waals surface area contributed by atoms with Crippen molar-refractivity contribution in [2.75, 3.05) is 33.0 Å². The van der Waals surface area contributed by atoms with E-state index in [9.17, 15) is 19.4 Å². The molecule has 0 bridgehead atoms. The first-order chi connectivity index (χ1) is 27.3. The van der Waals surface area contributed by atoms with Crippen LogP contribution in [0.15, 0.2) is 122 Å². The number of esters is 1. The van der Waals surface area contributed by atoms with Crippen LogP contribution in [0.1, 0.15) is 117 Å². The summed E-state index contributed by atoms with van der Waals surface area (Å²) in [4.78, 5) is 22.5. The molecule has 0 saturated heterocycles. The lowest BCUT2D eigenvalue weighted by atomic mass is 10.2. The highest BCUT2D eigenvalue weighted by Gasteiger charge is 2.26. The van der Waals surface area contributed by atoms with E-state index in [4.69, 9.17) is 23.6 Å². The van der Waals surface area contributed by atoms with Gasteiger partial charge in [0.2, 0.25) is 0 Å². The Labute approximate surface area is 339 Å². The van der Waals surface area contributed by atoms with Crippen LogP contribution in [0.5, 0.6) is 0 Å². The number of hydrogen-bond acceptors (Lipinski definition) is 8. The molecule has 0 fully saturated rings. The van der Waals surface area contributed by atoms with Crippen molar-refractivity contribution in [3.05, 3.63) is 122 Å². The predicted octanol–water partition coefficient (Wildman–Crippen LogP) is 11.2. The summed E-state index contributed by atoms with van der Waals surface area (Å²) in [7, 11) is -4.55. The van der Waals surface area contributed by atoms with Crippen molar-refractivity contribution in [3.8, 4) is 0 Å². The zero-order chi connectivity index (χ0) is 41.1. The molecule has 0 rings (SSSR count). The number of carbonyl (C=O) groups excluding carboxylic acids is 1. The van der Waals surface area contributed by atoms with Crippen LogP contribution in [-0.2, 0) is 27.9 Å². The quantitative estimate of drug-likeness (QED) is 0.0243. The minimum atomic E-state index is -4.55. The zero-order valence-electron chi connectivity index (χ0n) is 34.3. The van der Waals surface area contributed by atoms with Crippen molar-refractivity contribution >= 4 is 13.8 Å². The minimum Gasteiger partial charge on any atom is -0.457 e. The molecule has 316 valence electrons. The average Bonchev–Trinajstić information content (AvgIpc) is 3.19.